The van der Waals surface area contributed by atoms with E-state index in [0.29, 0.717) is 41.4 Å². The standard InChI is InChI=1S/C31H40O14/c1-38-19-7-6-16(11-21(19)39-2)20-12-17-9-15(10-22(40-3)29(17)44-20)5-4-8-41-31-28(37)26(35)25(34)23(45-31)14-43-30-27(36)24(33)18(32)13-42-30/h6-7,9-12,18,23-28,30-37H,4-5,8,13-14H2,1-3H3/t18-,23?,24?,25-,26?,27+,28+,30+,31-/m1/s1. The van der Waals surface area contributed by atoms with Crippen molar-refractivity contribution in [2.24, 2.45) is 0 Å². The Morgan fingerprint density at radius 2 is 1.47 bits per heavy atom. The highest BCUT2D eigenvalue weighted by Crippen LogP contribution is 2.38. The summed E-state index contributed by atoms with van der Waals surface area (Å²) in [5, 5.41) is 61.6. The predicted octanol–water partition coefficient (Wildman–Crippen LogP) is 0.338. The quantitative estimate of drug-likeness (QED) is 0.149. The van der Waals surface area contributed by atoms with Crippen LogP contribution in [0, 0.1) is 0 Å². The number of fused-ring (bicyclic) bond motifs is 1. The molecule has 6 N–H and O–H groups in total. The molecule has 0 amide bonds. The van der Waals surface area contributed by atoms with Crippen LogP contribution < -0.4 is 14.2 Å². The zero-order valence-electron chi connectivity index (χ0n) is 25.1. The minimum Gasteiger partial charge on any atom is -0.493 e. The number of aliphatic hydroxyl groups excluding tert-OH is 6. The van der Waals surface area contributed by atoms with Crippen molar-refractivity contribution < 1.29 is 68.2 Å². The number of hydrogen-bond acceptors (Lipinski definition) is 14. The second kappa shape index (κ2) is 14.6. The molecule has 1 aromatic heterocycles. The van der Waals surface area contributed by atoms with Gasteiger partial charge < -0.3 is 68.2 Å². The van der Waals surface area contributed by atoms with Gasteiger partial charge in [-0.1, -0.05) is 0 Å². The van der Waals surface area contributed by atoms with Crippen LogP contribution >= 0.6 is 0 Å². The van der Waals surface area contributed by atoms with Gasteiger partial charge in [-0.05, 0) is 54.8 Å². The normalized spacial score (nSPS) is 30.4. The molecule has 2 fully saturated rings. The van der Waals surface area contributed by atoms with Crippen LogP contribution in [-0.4, -0.2) is 127 Å². The summed E-state index contributed by atoms with van der Waals surface area (Å²) < 4.78 is 44.5. The van der Waals surface area contributed by atoms with Gasteiger partial charge in [0.2, 0.25) is 0 Å². The van der Waals surface area contributed by atoms with E-state index in [2.05, 4.69) is 0 Å². The highest BCUT2D eigenvalue weighted by atomic mass is 16.7. The monoisotopic (exact) mass is 636 g/mol. The van der Waals surface area contributed by atoms with Gasteiger partial charge in [0, 0.05) is 10.9 Å². The molecule has 2 aromatic carbocycles. The topological polar surface area (TPSA) is 199 Å². The Morgan fingerprint density at radius 3 is 2.20 bits per heavy atom. The minimum atomic E-state index is -1.59. The Labute approximate surface area is 259 Å². The summed E-state index contributed by atoms with van der Waals surface area (Å²) in [6.45, 7) is -0.469. The lowest BCUT2D eigenvalue weighted by Gasteiger charge is -2.41. The van der Waals surface area contributed by atoms with Crippen molar-refractivity contribution in [3.63, 3.8) is 0 Å². The molecule has 0 aliphatic carbocycles. The van der Waals surface area contributed by atoms with E-state index in [4.69, 9.17) is 37.6 Å². The van der Waals surface area contributed by atoms with E-state index in [-0.39, 0.29) is 19.8 Å². The Morgan fingerprint density at radius 1 is 0.733 bits per heavy atom. The maximum Gasteiger partial charge on any atom is 0.186 e. The molecule has 3 heterocycles. The molecule has 3 unspecified atom stereocenters. The molecule has 0 spiro atoms. The third-order valence-corrected chi connectivity index (χ3v) is 7.97. The lowest BCUT2D eigenvalue weighted by atomic mass is 9.99. The van der Waals surface area contributed by atoms with Gasteiger partial charge in [-0.15, -0.1) is 0 Å². The fourth-order valence-electron chi connectivity index (χ4n) is 5.39. The van der Waals surface area contributed by atoms with E-state index >= 15 is 0 Å². The first-order chi connectivity index (χ1) is 21.6. The van der Waals surface area contributed by atoms with Gasteiger partial charge in [-0.2, -0.15) is 0 Å². The third-order valence-electron chi connectivity index (χ3n) is 7.97. The number of rotatable bonds is 12. The number of hydrogen-bond donors (Lipinski definition) is 6. The summed E-state index contributed by atoms with van der Waals surface area (Å²) >= 11 is 0. The van der Waals surface area contributed by atoms with Gasteiger partial charge in [0.1, 0.15) is 48.5 Å². The second-order valence-electron chi connectivity index (χ2n) is 11.0. The summed E-state index contributed by atoms with van der Waals surface area (Å²) in [6, 6.07) is 11.3. The summed E-state index contributed by atoms with van der Waals surface area (Å²) in [4.78, 5) is 0. The average Bonchev–Trinajstić information content (AvgIpc) is 3.49. The van der Waals surface area contributed by atoms with Crippen LogP contribution in [0.4, 0.5) is 0 Å². The van der Waals surface area contributed by atoms with E-state index in [9.17, 15) is 30.6 Å². The SMILES string of the molecule is COc1ccc(-c2cc3cc(CCCO[C@@H]4OC(CO[C@@H]5OC[C@@H](O)C(O)[C@@H]5O)[C@@H](O)C(O)[C@@H]4O)cc(OC)c3o2)cc1OC. The Bertz CT molecular complexity index is 1410. The molecule has 0 saturated carbocycles. The highest BCUT2D eigenvalue weighted by Gasteiger charge is 2.45. The van der Waals surface area contributed by atoms with E-state index in [1.165, 1.54) is 0 Å². The number of methoxy groups -OCH3 is 3. The first-order valence-corrected chi connectivity index (χ1v) is 14.6. The molecule has 2 aliphatic heterocycles. The maximum absolute atomic E-state index is 10.4. The predicted molar refractivity (Wildman–Crippen MR) is 156 cm³/mol. The van der Waals surface area contributed by atoms with Crippen LogP contribution in [0.3, 0.4) is 0 Å². The van der Waals surface area contributed by atoms with Crippen molar-refractivity contribution in [1.82, 2.24) is 0 Å². The number of ether oxygens (including phenoxy) is 7. The van der Waals surface area contributed by atoms with E-state index in [1.54, 1.807) is 27.4 Å². The molecular weight excluding hydrogens is 596 g/mol. The molecule has 9 atom stereocenters. The zero-order valence-corrected chi connectivity index (χ0v) is 25.1. The minimum absolute atomic E-state index is 0.148. The van der Waals surface area contributed by atoms with Gasteiger partial charge >= 0.3 is 0 Å². The van der Waals surface area contributed by atoms with Gasteiger partial charge in [0.15, 0.2) is 35.4 Å². The van der Waals surface area contributed by atoms with Crippen LogP contribution in [0.5, 0.6) is 17.2 Å². The van der Waals surface area contributed by atoms with Crippen LogP contribution in [-0.2, 0) is 25.4 Å². The van der Waals surface area contributed by atoms with Crippen molar-refractivity contribution in [1.29, 1.82) is 0 Å². The number of benzene rings is 2. The van der Waals surface area contributed by atoms with Gasteiger partial charge in [0.25, 0.3) is 0 Å². The van der Waals surface area contributed by atoms with Crippen molar-refractivity contribution in [2.75, 3.05) is 41.2 Å². The molecule has 5 rings (SSSR count). The van der Waals surface area contributed by atoms with Gasteiger partial charge in [-0.3, -0.25) is 0 Å². The van der Waals surface area contributed by atoms with Crippen molar-refractivity contribution >= 4 is 11.0 Å². The molecular formula is C31H40O14. The highest BCUT2D eigenvalue weighted by molar-refractivity contribution is 5.88. The van der Waals surface area contributed by atoms with E-state index in [1.807, 2.05) is 30.3 Å². The van der Waals surface area contributed by atoms with Crippen LogP contribution in [0.15, 0.2) is 40.8 Å². The Balaban J connectivity index is 1.18. The molecule has 3 aromatic rings. The summed E-state index contributed by atoms with van der Waals surface area (Å²) in [6.07, 6.45) is -11.5. The Hall–Kier alpha value is -3.02. The number of aryl methyl sites for hydroxylation is 1. The second-order valence-corrected chi connectivity index (χ2v) is 11.0. The first-order valence-electron chi connectivity index (χ1n) is 14.6. The molecule has 0 bridgehead atoms. The largest absolute Gasteiger partial charge is 0.493 e. The molecule has 14 heteroatoms. The Kier molecular flexibility index (Phi) is 10.8. The molecule has 14 nitrogen and oxygen atoms in total. The number of furan rings is 1. The molecule has 45 heavy (non-hydrogen) atoms. The lowest BCUT2D eigenvalue weighted by molar-refractivity contribution is -0.320. The summed E-state index contributed by atoms with van der Waals surface area (Å²) in [7, 11) is 4.70. The smallest absolute Gasteiger partial charge is 0.186 e. The number of aliphatic hydroxyl groups is 6. The average molecular weight is 637 g/mol. The van der Waals surface area contributed by atoms with Gasteiger partial charge in [0.05, 0.1) is 41.2 Å². The first kappa shape index (κ1) is 33.3. The maximum atomic E-state index is 10.4. The van der Waals surface area contributed by atoms with Crippen LogP contribution in [0.1, 0.15) is 12.0 Å². The van der Waals surface area contributed by atoms with Crippen LogP contribution in [0.25, 0.3) is 22.3 Å². The van der Waals surface area contributed by atoms with Gasteiger partial charge in [-0.25, -0.2) is 0 Å². The van der Waals surface area contributed by atoms with Crippen molar-refractivity contribution in [2.45, 2.75) is 68.1 Å². The fourth-order valence-corrected chi connectivity index (χ4v) is 5.39. The molecule has 2 aliphatic rings. The van der Waals surface area contributed by atoms with E-state index in [0.717, 1.165) is 16.5 Å². The van der Waals surface area contributed by atoms with Crippen LogP contribution in [0.2, 0.25) is 0 Å². The zero-order chi connectivity index (χ0) is 32.2. The summed E-state index contributed by atoms with van der Waals surface area (Å²) in [5.41, 5.74) is 2.35. The summed E-state index contributed by atoms with van der Waals surface area (Å²) in [5.74, 6) is 2.38. The fraction of sp³-hybridized carbons (Fsp3) is 0.548. The third kappa shape index (κ3) is 7.20. The lowest BCUT2D eigenvalue weighted by Crippen LogP contribution is -2.60. The molecule has 0 radical (unpaired) electrons. The van der Waals surface area contributed by atoms with E-state index < -0.39 is 55.3 Å². The molecule has 2 saturated heterocycles. The van der Waals surface area contributed by atoms with Crippen molar-refractivity contribution in [3.8, 4) is 28.6 Å². The van der Waals surface area contributed by atoms with Crippen molar-refractivity contribution in [3.05, 3.63) is 42.0 Å². The molecule has 248 valence electrons.